The normalized spacial score (nSPS) is 17.2. The van der Waals surface area contributed by atoms with Crippen molar-refractivity contribution >= 4 is 52.6 Å². The van der Waals surface area contributed by atoms with E-state index < -0.39 is 41.6 Å². The number of nitrogens with one attached hydrogen (secondary N) is 4. The van der Waals surface area contributed by atoms with Crippen LogP contribution in [0.15, 0.2) is 137 Å². The lowest BCUT2D eigenvalue weighted by Crippen LogP contribution is -2.51. The molecule has 0 saturated carbocycles. The molecule has 0 fully saturated rings. The minimum Gasteiger partial charge on any atom is -0.481 e. The Morgan fingerprint density at radius 1 is 0.709 bits per heavy atom. The third kappa shape index (κ3) is 17.1. The van der Waals surface area contributed by atoms with Gasteiger partial charge in [0, 0.05) is 56.2 Å². The van der Waals surface area contributed by atoms with Gasteiger partial charge in [0.25, 0.3) is 0 Å². The molecule has 1 unspecified atom stereocenters. The minimum absolute atomic E-state index is 0.0229. The summed E-state index contributed by atoms with van der Waals surface area (Å²) in [4.78, 5) is 104. The van der Waals surface area contributed by atoms with Crippen LogP contribution in [0.25, 0.3) is 0 Å². The number of H-pyrrole nitrogens is 1. The predicted molar refractivity (Wildman–Crippen MR) is 297 cm³/mol. The van der Waals surface area contributed by atoms with Gasteiger partial charge in [-0.25, -0.2) is 0 Å². The van der Waals surface area contributed by atoms with Gasteiger partial charge in [0.15, 0.2) is 5.78 Å². The maximum Gasteiger partial charge on any atom is 0.307 e. The van der Waals surface area contributed by atoms with Crippen LogP contribution in [0.2, 0.25) is 0 Å². The molecule has 0 spiro atoms. The molecule has 19 nitrogen and oxygen atoms in total. The first-order valence-electron chi connectivity index (χ1n) is 26.9. The Kier molecular flexibility index (Phi) is 22.7. The van der Waals surface area contributed by atoms with Crippen LogP contribution in [0, 0.1) is 29.6 Å². The van der Waals surface area contributed by atoms with Gasteiger partial charge < -0.3 is 26.8 Å². The molecule has 3 aliphatic rings. The van der Waals surface area contributed by atoms with E-state index in [1.165, 1.54) is 11.1 Å². The van der Waals surface area contributed by atoms with Gasteiger partial charge in [0.1, 0.15) is 23.3 Å². The fraction of sp³-hybridized carbons (Fsp3) is 0.400. The molecule has 2 aliphatic heterocycles. The smallest absolute Gasteiger partial charge is 0.307 e. The standard InChI is InChI=1S/C29H34N6O4.C27H31NO5.C4H7N3/c1-3-19(2)24(15-23(36)13-20-9-5-4-6-10-20)28(38)31-18-27(37)35-25-12-8-7-11-21(25)14-26(35)29(39)30-16-22-17-32-34-33-22;1-3-17(2)22(15-20(29)13-18-9-5-4-6-10-18)26(31)28-16-24(30)25-21-12-8-7-11-19(21)14-23(25)27(32)33;5-1-4-2-6-7-3-4/h4-12,17,19,24,26H,3,13-16,18H2,1-2H3,(H,30,39)(H,31,38)(H,32,33,34);4-12,17,22-23,25H,3,13-16H2,1-2H3,(H,28,31)(H,32,33);2H,1,3,5H2/t19-,24-,26-;17-,22-,23+,25?;/m00./s1. The molecule has 0 bridgehead atoms. The molecule has 0 radical (unpaired) electrons. The molecule has 7 N–H and O–H groups in total. The highest BCUT2D eigenvalue weighted by Crippen LogP contribution is 2.39. The molecule has 0 saturated heterocycles. The first-order valence-corrected chi connectivity index (χ1v) is 26.9. The number of nitrogens with two attached hydrogens (primary N) is 1. The molecule has 3 heterocycles. The number of hydrogen-bond donors (Lipinski definition) is 6. The van der Waals surface area contributed by atoms with Gasteiger partial charge in [0.2, 0.25) is 23.6 Å². The molecule has 4 aromatic carbocycles. The van der Waals surface area contributed by atoms with Gasteiger partial charge in [-0.05, 0) is 57.7 Å². The number of fused-ring (bicyclic) bond motifs is 2. The van der Waals surface area contributed by atoms with Crippen LogP contribution >= 0.6 is 0 Å². The number of aromatic nitrogens is 3. The van der Waals surface area contributed by atoms with Crippen molar-refractivity contribution < 1.29 is 43.5 Å². The van der Waals surface area contributed by atoms with Gasteiger partial charge in [-0.15, -0.1) is 0 Å². The number of para-hydroxylation sites is 1. The van der Waals surface area contributed by atoms with E-state index in [4.69, 9.17) is 5.73 Å². The highest BCUT2D eigenvalue weighted by atomic mass is 16.4. The number of amides is 4. The van der Waals surface area contributed by atoms with E-state index in [1.54, 1.807) is 24.4 Å². The zero-order valence-corrected chi connectivity index (χ0v) is 45.3. The zero-order chi connectivity index (χ0) is 56.8. The van der Waals surface area contributed by atoms with E-state index in [-0.39, 0.29) is 92.2 Å². The third-order valence-electron chi connectivity index (χ3n) is 14.8. The molecule has 79 heavy (non-hydrogen) atoms. The van der Waals surface area contributed by atoms with E-state index >= 15 is 0 Å². The Morgan fingerprint density at radius 3 is 1.78 bits per heavy atom. The van der Waals surface area contributed by atoms with Crippen molar-refractivity contribution in [1.82, 2.24) is 31.4 Å². The number of hydrogen-bond acceptors (Lipinski definition) is 13. The van der Waals surface area contributed by atoms with Crippen molar-refractivity contribution in [3.05, 3.63) is 161 Å². The summed E-state index contributed by atoms with van der Waals surface area (Å²) in [6.45, 7) is 8.74. The second-order valence-corrected chi connectivity index (χ2v) is 20.2. The van der Waals surface area contributed by atoms with Crippen molar-refractivity contribution in [1.29, 1.82) is 0 Å². The second kappa shape index (κ2) is 30.0. The summed E-state index contributed by atoms with van der Waals surface area (Å²) in [6, 6.07) is 32.7. The average Bonchev–Trinajstić information content (AvgIpc) is 4.40. The Hall–Kier alpha value is -8.32. The number of aromatic amines is 1. The number of aliphatic carboxylic acids is 1. The topological polar surface area (TPSA) is 288 Å². The molecule has 416 valence electrons. The summed E-state index contributed by atoms with van der Waals surface area (Å²) in [5.74, 6) is -5.53. The summed E-state index contributed by atoms with van der Waals surface area (Å²) in [5, 5.41) is 35.4. The number of benzene rings is 4. The van der Waals surface area contributed by atoms with Crippen LogP contribution in [0.5, 0.6) is 0 Å². The second-order valence-electron chi connectivity index (χ2n) is 20.2. The molecule has 7 atom stereocenters. The first kappa shape index (κ1) is 59.9. The number of ketones is 3. The number of carboxylic acid groups (broad SMARTS) is 1. The fourth-order valence-electron chi connectivity index (χ4n) is 9.89. The highest BCUT2D eigenvalue weighted by molar-refractivity contribution is 6.05. The van der Waals surface area contributed by atoms with E-state index in [1.807, 2.05) is 119 Å². The van der Waals surface area contributed by atoms with E-state index in [2.05, 4.69) is 41.6 Å². The lowest BCUT2D eigenvalue weighted by atomic mass is 9.85. The van der Waals surface area contributed by atoms with E-state index in [0.29, 0.717) is 37.3 Å². The van der Waals surface area contributed by atoms with Crippen LogP contribution in [0.3, 0.4) is 0 Å². The Labute approximate surface area is 460 Å². The first-order chi connectivity index (χ1) is 38.1. The number of nitrogens with zero attached hydrogens (tertiary/aromatic N) is 5. The summed E-state index contributed by atoms with van der Waals surface area (Å²) in [6.07, 6.45) is 6.07. The monoisotopic (exact) mass is 1080 g/mol. The van der Waals surface area contributed by atoms with Crippen molar-refractivity contribution in [2.75, 3.05) is 31.1 Å². The number of carbonyl (C=O) groups is 8. The van der Waals surface area contributed by atoms with Crippen molar-refractivity contribution in [3.63, 3.8) is 0 Å². The SMILES string of the molecule is CC[C@H](C)[C@H](CC(=O)Cc1ccccc1)C(=O)NCC(=O)C1c2ccccc2C[C@H]1C(=O)O.CC[C@H](C)[C@H](CC(=O)Cc1ccccc1)C(=O)NCC(=O)N1c2ccccc2C[C@H]1C(=O)NCc1cn[nH]n1.NCC1=CN=NC1. The number of carbonyl (C=O) groups excluding carboxylic acids is 7. The number of carboxylic acids is 1. The Balaban J connectivity index is 0.000000229. The minimum atomic E-state index is -1.01. The molecule has 19 heteroatoms. The molecular formula is C60H72N10O9. The van der Waals surface area contributed by atoms with Gasteiger partial charge in [-0.3, -0.25) is 43.3 Å². The van der Waals surface area contributed by atoms with E-state index in [0.717, 1.165) is 46.2 Å². The maximum atomic E-state index is 13.4. The number of Topliss-reactive ketones (excluding diaryl/α,β-unsaturated/α-hetero) is 3. The van der Waals surface area contributed by atoms with Gasteiger partial charge >= 0.3 is 5.97 Å². The van der Waals surface area contributed by atoms with Crippen molar-refractivity contribution in [3.8, 4) is 0 Å². The van der Waals surface area contributed by atoms with Crippen molar-refractivity contribution in [2.45, 2.75) is 97.6 Å². The average molecular weight is 1080 g/mol. The molecule has 5 aromatic rings. The molecule has 1 aromatic heterocycles. The molecule has 1 aliphatic carbocycles. The van der Waals surface area contributed by atoms with Gasteiger partial charge in [0.05, 0.1) is 50.4 Å². The third-order valence-corrected chi connectivity index (χ3v) is 14.8. The summed E-state index contributed by atoms with van der Waals surface area (Å²) in [7, 11) is 0. The number of anilines is 1. The number of rotatable bonds is 24. The summed E-state index contributed by atoms with van der Waals surface area (Å²) in [5.41, 5.74) is 11.8. The van der Waals surface area contributed by atoms with Gasteiger partial charge in [-0.2, -0.15) is 25.6 Å². The van der Waals surface area contributed by atoms with Crippen LogP contribution in [0.4, 0.5) is 5.69 Å². The van der Waals surface area contributed by atoms with Crippen molar-refractivity contribution in [2.24, 2.45) is 45.6 Å². The summed E-state index contributed by atoms with van der Waals surface area (Å²) < 4.78 is 0. The molecular weight excluding hydrogens is 1000 g/mol. The van der Waals surface area contributed by atoms with Crippen LogP contribution in [-0.2, 0) is 70.6 Å². The molecule has 8 rings (SSSR count). The van der Waals surface area contributed by atoms with Crippen LogP contribution in [-0.4, -0.2) is 99.7 Å². The number of azo groups is 1. The zero-order valence-electron chi connectivity index (χ0n) is 45.3. The van der Waals surface area contributed by atoms with Gasteiger partial charge in [-0.1, -0.05) is 144 Å². The maximum absolute atomic E-state index is 13.4. The van der Waals surface area contributed by atoms with Crippen LogP contribution in [0.1, 0.15) is 92.8 Å². The summed E-state index contributed by atoms with van der Waals surface area (Å²) >= 11 is 0. The predicted octanol–water partition coefficient (Wildman–Crippen LogP) is 6.23. The quantitative estimate of drug-likeness (QED) is 0.0401. The Bertz CT molecular complexity index is 2950. The van der Waals surface area contributed by atoms with Crippen LogP contribution < -0.4 is 26.6 Å². The highest BCUT2D eigenvalue weighted by Gasteiger charge is 2.42. The van der Waals surface area contributed by atoms with E-state index in [9.17, 15) is 43.5 Å². The lowest BCUT2D eigenvalue weighted by molar-refractivity contribution is -0.144. The largest absolute Gasteiger partial charge is 0.481 e. The Morgan fingerprint density at radius 2 is 1.27 bits per heavy atom. The lowest BCUT2D eigenvalue weighted by Gasteiger charge is -2.26. The fourth-order valence-corrected chi connectivity index (χ4v) is 9.89. The molecule has 4 amide bonds.